The third kappa shape index (κ3) is 5.46. The minimum atomic E-state index is -4.82. The highest BCUT2D eigenvalue weighted by atomic mass is 32.1. The molecule has 0 unspecified atom stereocenters. The van der Waals surface area contributed by atoms with Crippen LogP contribution in [0.2, 0.25) is 0 Å². The Morgan fingerprint density at radius 2 is 1.86 bits per heavy atom. The number of hydrogen-bond acceptors (Lipinski definition) is 9. The smallest absolute Gasteiger partial charge is 0.420 e. The van der Waals surface area contributed by atoms with Crippen LogP contribution in [-0.2, 0) is 13.2 Å². The molecule has 4 aromatic rings. The highest BCUT2D eigenvalue weighted by Gasteiger charge is 2.34. The Morgan fingerprint density at radius 1 is 1.08 bits per heavy atom. The van der Waals surface area contributed by atoms with Crippen molar-refractivity contribution in [2.24, 2.45) is 7.05 Å². The van der Waals surface area contributed by atoms with Crippen molar-refractivity contribution < 1.29 is 27.9 Å². The summed E-state index contributed by atoms with van der Waals surface area (Å²) in [6, 6.07) is 1.43. The zero-order valence-corrected chi connectivity index (χ0v) is 19.4. The minimum absolute atomic E-state index is 0.0791. The SMILES string of the molecule is C[C@@H](NC(=O)c1cc(-c2cnn(C)c2)ncn1)c1ncc(C(=O)Nc2cc(C(F)(F)F)c(O)cn2)s1. The first-order valence-corrected chi connectivity index (χ1v) is 11.0. The lowest BCUT2D eigenvalue weighted by Gasteiger charge is -2.11. The van der Waals surface area contributed by atoms with E-state index in [0.29, 0.717) is 28.5 Å². The standard InChI is InChI=1S/C21H17F3N8O3S/c1-10(30-18(34)14-4-13(27-9-28-14)11-5-29-32(2)8-11)20-26-7-16(36-20)19(35)31-17-3-12(21(22,23)24)15(33)6-25-17/h3-10,33H,1-2H3,(H,30,34)(H,25,31,35)/t10-/m1/s1. The number of aromatic nitrogens is 6. The van der Waals surface area contributed by atoms with E-state index in [-0.39, 0.29) is 10.6 Å². The molecule has 0 aliphatic heterocycles. The molecule has 0 aliphatic carbocycles. The average molecular weight is 518 g/mol. The van der Waals surface area contributed by atoms with Crippen molar-refractivity contribution in [3.63, 3.8) is 0 Å². The van der Waals surface area contributed by atoms with Crippen molar-refractivity contribution in [3.8, 4) is 17.0 Å². The second-order valence-electron chi connectivity index (χ2n) is 7.49. The van der Waals surface area contributed by atoms with Crippen LogP contribution in [0.5, 0.6) is 5.75 Å². The van der Waals surface area contributed by atoms with Gasteiger partial charge in [0.2, 0.25) is 0 Å². The van der Waals surface area contributed by atoms with Crippen LogP contribution in [0.15, 0.2) is 43.2 Å². The first kappa shape index (κ1) is 24.7. The lowest BCUT2D eigenvalue weighted by Crippen LogP contribution is -2.27. The summed E-state index contributed by atoms with van der Waals surface area (Å²) in [5.74, 6) is -2.69. The van der Waals surface area contributed by atoms with Gasteiger partial charge in [0.15, 0.2) is 0 Å². The molecule has 3 N–H and O–H groups in total. The lowest BCUT2D eigenvalue weighted by molar-refractivity contribution is -0.138. The Morgan fingerprint density at radius 3 is 2.56 bits per heavy atom. The van der Waals surface area contributed by atoms with Gasteiger partial charge in [-0.1, -0.05) is 0 Å². The summed E-state index contributed by atoms with van der Waals surface area (Å²) in [6.45, 7) is 1.65. The number of thiazole rings is 1. The molecule has 0 spiro atoms. The van der Waals surface area contributed by atoms with E-state index in [1.807, 2.05) is 0 Å². The van der Waals surface area contributed by atoms with Crippen LogP contribution in [0.4, 0.5) is 19.0 Å². The molecular formula is C21H17F3N8O3S. The van der Waals surface area contributed by atoms with Gasteiger partial charge in [-0.15, -0.1) is 11.3 Å². The number of rotatable bonds is 6. The zero-order chi connectivity index (χ0) is 26.0. The Bertz CT molecular complexity index is 1440. The first-order valence-electron chi connectivity index (χ1n) is 10.2. The second kappa shape index (κ2) is 9.69. The van der Waals surface area contributed by atoms with Crippen LogP contribution >= 0.6 is 11.3 Å². The molecule has 186 valence electrons. The normalized spacial score (nSPS) is 12.2. The number of nitrogens with one attached hydrogen (secondary N) is 2. The number of alkyl halides is 3. The Balaban J connectivity index is 1.43. The predicted octanol–water partition coefficient (Wildman–Crippen LogP) is 3.20. The molecule has 0 saturated heterocycles. The van der Waals surface area contributed by atoms with Gasteiger partial charge >= 0.3 is 6.18 Å². The molecular weight excluding hydrogens is 501 g/mol. The third-order valence-corrected chi connectivity index (χ3v) is 5.97. The molecule has 4 aromatic heterocycles. The molecule has 1 atom stereocenters. The van der Waals surface area contributed by atoms with E-state index in [1.165, 1.54) is 18.6 Å². The van der Waals surface area contributed by atoms with E-state index < -0.39 is 41.2 Å². The number of aromatic hydroxyl groups is 1. The summed E-state index contributed by atoms with van der Waals surface area (Å²) in [5.41, 5.74) is 0.0123. The quantitative estimate of drug-likeness (QED) is 0.353. The van der Waals surface area contributed by atoms with Gasteiger partial charge in [-0.2, -0.15) is 18.3 Å². The maximum atomic E-state index is 13.0. The van der Waals surface area contributed by atoms with Crippen molar-refractivity contribution in [1.29, 1.82) is 0 Å². The summed E-state index contributed by atoms with van der Waals surface area (Å²) >= 11 is 0.940. The lowest BCUT2D eigenvalue weighted by atomic mass is 10.2. The Kier molecular flexibility index (Phi) is 6.65. The monoisotopic (exact) mass is 518 g/mol. The van der Waals surface area contributed by atoms with Gasteiger partial charge < -0.3 is 15.7 Å². The van der Waals surface area contributed by atoms with Crippen molar-refractivity contribution >= 4 is 29.0 Å². The fourth-order valence-electron chi connectivity index (χ4n) is 3.04. The number of nitrogens with zero attached hydrogens (tertiary/aromatic N) is 6. The van der Waals surface area contributed by atoms with Gasteiger partial charge in [-0.3, -0.25) is 14.3 Å². The number of anilines is 1. The topological polar surface area (TPSA) is 148 Å². The molecule has 4 rings (SSSR count). The molecule has 0 bridgehead atoms. The fourth-order valence-corrected chi connectivity index (χ4v) is 3.85. The molecule has 2 amide bonds. The van der Waals surface area contributed by atoms with Crippen LogP contribution in [-0.4, -0.2) is 46.6 Å². The zero-order valence-electron chi connectivity index (χ0n) is 18.6. The second-order valence-corrected chi connectivity index (χ2v) is 8.55. The van der Waals surface area contributed by atoms with Crippen molar-refractivity contribution in [2.75, 3.05) is 5.32 Å². The van der Waals surface area contributed by atoms with E-state index in [1.54, 1.807) is 31.0 Å². The summed E-state index contributed by atoms with van der Waals surface area (Å²) in [7, 11) is 1.75. The molecule has 36 heavy (non-hydrogen) atoms. The number of pyridine rings is 1. The summed E-state index contributed by atoms with van der Waals surface area (Å²) in [4.78, 5) is 41.1. The van der Waals surface area contributed by atoms with Gasteiger partial charge in [0.1, 0.15) is 39.0 Å². The maximum Gasteiger partial charge on any atom is 0.420 e. The molecule has 0 fully saturated rings. The predicted molar refractivity (Wildman–Crippen MR) is 121 cm³/mol. The summed E-state index contributed by atoms with van der Waals surface area (Å²) in [5, 5.41) is 18.8. The van der Waals surface area contributed by atoms with Gasteiger partial charge in [0.05, 0.1) is 30.3 Å². The van der Waals surface area contributed by atoms with Crippen LogP contribution in [0.3, 0.4) is 0 Å². The number of hydrogen-bond donors (Lipinski definition) is 3. The summed E-state index contributed by atoms with van der Waals surface area (Å²) in [6.07, 6.45) is 1.61. The Hall–Kier alpha value is -4.40. The summed E-state index contributed by atoms with van der Waals surface area (Å²) < 4.78 is 40.5. The number of aryl methyl sites for hydroxylation is 1. The number of carbonyl (C=O) groups excluding carboxylic acids is 2. The maximum absolute atomic E-state index is 13.0. The molecule has 0 aromatic carbocycles. The Labute approximate surface area is 205 Å². The minimum Gasteiger partial charge on any atom is -0.506 e. The van der Waals surface area contributed by atoms with E-state index in [0.717, 1.165) is 11.3 Å². The van der Waals surface area contributed by atoms with Crippen LogP contribution < -0.4 is 10.6 Å². The van der Waals surface area contributed by atoms with Crippen LogP contribution in [0, 0.1) is 0 Å². The largest absolute Gasteiger partial charge is 0.506 e. The van der Waals surface area contributed by atoms with Crippen molar-refractivity contribution in [1.82, 2.24) is 35.0 Å². The van der Waals surface area contributed by atoms with E-state index in [2.05, 4.69) is 35.7 Å². The molecule has 11 nitrogen and oxygen atoms in total. The molecule has 0 radical (unpaired) electrons. The van der Waals surface area contributed by atoms with E-state index in [9.17, 15) is 27.9 Å². The molecule has 0 aliphatic rings. The van der Waals surface area contributed by atoms with Crippen molar-refractivity contribution in [3.05, 3.63) is 64.4 Å². The fraction of sp³-hybridized carbons (Fsp3) is 0.190. The van der Waals surface area contributed by atoms with Gasteiger partial charge in [-0.25, -0.2) is 19.9 Å². The average Bonchev–Trinajstić information content (AvgIpc) is 3.49. The van der Waals surface area contributed by atoms with Crippen LogP contribution in [0.25, 0.3) is 11.3 Å². The number of carbonyl (C=O) groups is 2. The third-order valence-electron chi connectivity index (χ3n) is 4.80. The highest BCUT2D eigenvalue weighted by molar-refractivity contribution is 7.13. The van der Waals surface area contributed by atoms with Crippen LogP contribution in [0.1, 0.15) is 43.7 Å². The first-order chi connectivity index (χ1) is 17.0. The van der Waals surface area contributed by atoms with Gasteiger partial charge in [0.25, 0.3) is 11.8 Å². The van der Waals surface area contributed by atoms with Gasteiger partial charge in [0, 0.05) is 18.8 Å². The number of halogens is 3. The molecule has 0 saturated carbocycles. The molecule has 15 heteroatoms. The van der Waals surface area contributed by atoms with E-state index >= 15 is 0 Å². The van der Waals surface area contributed by atoms with E-state index in [4.69, 9.17) is 0 Å². The number of amides is 2. The van der Waals surface area contributed by atoms with Gasteiger partial charge in [-0.05, 0) is 19.1 Å². The highest BCUT2D eigenvalue weighted by Crippen LogP contribution is 2.36. The molecule has 4 heterocycles. The van der Waals surface area contributed by atoms with Crippen molar-refractivity contribution in [2.45, 2.75) is 19.1 Å².